The zero-order valence-electron chi connectivity index (χ0n) is 10.2. The summed E-state index contributed by atoms with van der Waals surface area (Å²) >= 11 is 0. The third-order valence-electron chi connectivity index (χ3n) is 3.91. The van der Waals surface area contributed by atoms with Crippen LogP contribution in [-0.2, 0) is 4.74 Å². The number of morpholine rings is 1. The zero-order valence-corrected chi connectivity index (χ0v) is 10.2. The highest BCUT2D eigenvalue weighted by molar-refractivity contribution is 5.55. The maximum absolute atomic E-state index is 5.97. The molecule has 4 nitrogen and oxygen atoms in total. The van der Waals surface area contributed by atoms with Crippen molar-refractivity contribution in [2.24, 2.45) is 0 Å². The lowest BCUT2D eigenvalue weighted by molar-refractivity contribution is 0.0253. The summed E-state index contributed by atoms with van der Waals surface area (Å²) in [6, 6.07) is 2.49. The lowest BCUT2D eigenvalue weighted by Gasteiger charge is -2.38. The first-order valence-corrected chi connectivity index (χ1v) is 6.36. The van der Waals surface area contributed by atoms with Crippen molar-refractivity contribution >= 4 is 11.5 Å². The summed E-state index contributed by atoms with van der Waals surface area (Å²) in [5.41, 5.74) is 7.84. The number of nitrogens with zero attached hydrogens (tertiary/aromatic N) is 2. The van der Waals surface area contributed by atoms with Crippen LogP contribution in [0.2, 0.25) is 0 Å². The monoisotopic (exact) mass is 233 g/mol. The van der Waals surface area contributed by atoms with Crippen LogP contribution in [0.4, 0.5) is 11.5 Å². The minimum atomic E-state index is 0.396. The Morgan fingerprint density at radius 3 is 3.18 bits per heavy atom. The summed E-state index contributed by atoms with van der Waals surface area (Å²) in [6.07, 6.45) is 5.91. The molecular weight excluding hydrogens is 214 g/mol. The molecule has 1 aromatic heterocycles. The van der Waals surface area contributed by atoms with E-state index in [1.165, 1.54) is 19.3 Å². The predicted octanol–water partition coefficient (Wildman–Crippen LogP) is 1.73. The third kappa shape index (κ3) is 1.86. The van der Waals surface area contributed by atoms with Gasteiger partial charge in [0, 0.05) is 24.5 Å². The van der Waals surface area contributed by atoms with E-state index in [1.54, 1.807) is 0 Å². The molecule has 2 unspecified atom stereocenters. The standard InChI is InChI=1S/C13H19N3O/c1-9-8-15-13(7-10(9)14)16-5-6-17-12-4-2-3-11(12)16/h7-8,11-12H,2-6H2,1H3,(H2,14,15). The van der Waals surface area contributed by atoms with E-state index in [1.807, 2.05) is 19.2 Å². The van der Waals surface area contributed by atoms with Crippen molar-refractivity contribution in [1.82, 2.24) is 4.98 Å². The molecule has 17 heavy (non-hydrogen) atoms. The second-order valence-corrected chi connectivity index (χ2v) is 5.00. The molecule has 1 saturated heterocycles. The van der Waals surface area contributed by atoms with Gasteiger partial charge in [0.2, 0.25) is 0 Å². The van der Waals surface area contributed by atoms with Crippen LogP contribution in [-0.4, -0.2) is 30.3 Å². The number of rotatable bonds is 1. The molecule has 1 saturated carbocycles. The summed E-state index contributed by atoms with van der Waals surface area (Å²) in [4.78, 5) is 6.89. The molecule has 2 fully saturated rings. The molecule has 0 spiro atoms. The highest BCUT2D eigenvalue weighted by Gasteiger charge is 2.36. The van der Waals surface area contributed by atoms with Crippen LogP contribution in [0.5, 0.6) is 0 Å². The minimum absolute atomic E-state index is 0.396. The summed E-state index contributed by atoms with van der Waals surface area (Å²) in [5, 5.41) is 0. The molecular formula is C13H19N3O. The van der Waals surface area contributed by atoms with E-state index in [9.17, 15) is 0 Å². The van der Waals surface area contributed by atoms with Crippen LogP contribution in [0, 0.1) is 6.92 Å². The number of hydrogen-bond acceptors (Lipinski definition) is 4. The van der Waals surface area contributed by atoms with Crippen molar-refractivity contribution in [1.29, 1.82) is 0 Å². The van der Waals surface area contributed by atoms with Gasteiger partial charge in [0.15, 0.2) is 0 Å². The van der Waals surface area contributed by atoms with Crippen molar-refractivity contribution in [2.75, 3.05) is 23.8 Å². The first kappa shape index (κ1) is 10.8. The van der Waals surface area contributed by atoms with Gasteiger partial charge in [-0.2, -0.15) is 0 Å². The van der Waals surface area contributed by atoms with Gasteiger partial charge in [-0.15, -0.1) is 0 Å². The quantitative estimate of drug-likeness (QED) is 0.802. The smallest absolute Gasteiger partial charge is 0.130 e. The van der Waals surface area contributed by atoms with Gasteiger partial charge in [0.25, 0.3) is 0 Å². The van der Waals surface area contributed by atoms with Crippen LogP contribution in [0.1, 0.15) is 24.8 Å². The number of nitrogens with two attached hydrogens (primary N) is 1. The van der Waals surface area contributed by atoms with Gasteiger partial charge in [0.1, 0.15) is 5.82 Å². The predicted molar refractivity (Wildman–Crippen MR) is 68.1 cm³/mol. The van der Waals surface area contributed by atoms with Crippen LogP contribution in [0.3, 0.4) is 0 Å². The molecule has 92 valence electrons. The SMILES string of the molecule is Cc1cnc(N2CCOC3CCCC32)cc1N. The molecule has 2 N–H and O–H groups in total. The average Bonchev–Trinajstić information content (AvgIpc) is 2.80. The Morgan fingerprint density at radius 1 is 1.47 bits per heavy atom. The second-order valence-electron chi connectivity index (χ2n) is 5.00. The molecule has 1 aliphatic carbocycles. The average molecular weight is 233 g/mol. The Hall–Kier alpha value is -1.29. The number of aromatic nitrogens is 1. The first-order valence-electron chi connectivity index (χ1n) is 6.36. The van der Waals surface area contributed by atoms with Crippen molar-refractivity contribution in [3.63, 3.8) is 0 Å². The van der Waals surface area contributed by atoms with Gasteiger partial charge in [-0.05, 0) is 31.7 Å². The van der Waals surface area contributed by atoms with E-state index in [2.05, 4.69) is 9.88 Å². The number of nitrogen functional groups attached to an aromatic ring is 1. The fourth-order valence-corrected chi connectivity index (χ4v) is 2.89. The summed E-state index contributed by atoms with van der Waals surface area (Å²) in [5.74, 6) is 1.01. The lowest BCUT2D eigenvalue weighted by Crippen LogP contribution is -2.49. The van der Waals surface area contributed by atoms with E-state index >= 15 is 0 Å². The van der Waals surface area contributed by atoms with Crippen LogP contribution in [0.25, 0.3) is 0 Å². The normalized spacial score (nSPS) is 28.2. The Bertz CT molecular complexity index is 421. The number of ether oxygens (including phenoxy) is 1. The number of hydrogen-bond donors (Lipinski definition) is 1. The minimum Gasteiger partial charge on any atom is -0.398 e. The molecule has 2 heterocycles. The van der Waals surface area contributed by atoms with Crippen molar-refractivity contribution in [3.05, 3.63) is 17.8 Å². The topological polar surface area (TPSA) is 51.4 Å². The maximum Gasteiger partial charge on any atom is 0.130 e. The number of aryl methyl sites for hydroxylation is 1. The van der Waals surface area contributed by atoms with Gasteiger partial charge < -0.3 is 15.4 Å². The van der Waals surface area contributed by atoms with Crippen molar-refractivity contribution in [2.45, 2.75) is 38.3 Å². The van der Waals surface area contributed by atoms with Crippen LogP contribution >= 0.6 is 0 Å². The molecule has 1 aliphatic heterocycles. The highest BCUT2D eigenvalue weighted by atomic mass is 16.5. The highest BCUT2D eigenvalue weighted by Crippen LogP contribution is 2.32. The first-order chi connectivity index (χ1) is 8.25. The van der Waals surface area contributed by atoms with E-state index in [4.69, 9.17) is 10.5 Å². The Labute approximate surface area is 102 Å². The van der Waals surface area contributed by atoms with Crippen molar-refractivity contribution < 1.29 is 4.74 Å². The lowest BCUT2D eigenvalue weighted by atomic mass is 10.1. The largest absolute Gasteiger partial charge is 0.398 e. The van der Waals surface area contributed by atoms with Crippen LogP contribution < -0.4 is 10.6 Å². The van der Waals surface area contributed by atoms with Gasteiger partial charge in [-0.25, -0.2) is 4.98 Å². The van der Waals surface area contributed by atoms with Crippen molar-refractivity contribution in [3.8, 4) is 0 Å². The van der Waals surface area contributed by atoms with Gasteiger partial charge >= 0.3 is 0 Å². The van der Waals surface area contributed by atoms with E-state index in [0.717, 1.165) is 30.2 Å². The molecule has 0 amide bonds. The molecule has 3 rings (SSSR count). The summed E-state index contributed by atoms with van der Waals surface area (Å²) in [7, 11) is 0. The number of anilines is 2. The molecule has 0 aromatic carbocycles. The second kappa shape index (κ2) is 4.18. The zero-order chi connectivity index (χ0) is 11.8. The Morgan fingerprint density at radius 2 is 2.35 bits per heavy atom. The summed E-state index contributed by atoms with van der Waals surface area (Å²) < 4.78 is 5.81. The molecule has 0 radical (unpaired) electrons. The fourth-order valence-electron chi connectivity index (χ4n) is 2.89. The van der Waals surface area contributed by atoms with Gasteiger partial charge in [0.05, 0.1) is 18.8 Å². The van der Waals surface area contributed by atoms with E-state index < -0.39 is 0 Å². The van der Waals surface area contributed by atoms with Gasteiger partial charge in [-0.1, -0.05) is 0 Å². The summed E-state index contributed by atoms with van der Waals surface area (Å²) in [6.45, 7) is 3.72. The Kier molecular flexibility index (Phi) is 2.67. The third-order valence-corrected chi connectivity index (χ3v) is 3.91. The van der Waals surface area contributed by atoms with Crippen LogP contribution in [0.15, 0.2) is 12.3 Å². The molecule has 0 bridgehead atoms. The number of fused-ring (bicyclic) bond motifs is 1. The Balaban J connectivity index is 1.89. The molecule has 2 aliphatic rings. The fraction of sp³-hybridized carbons (Fsp3) is 0.615. The molecule has 2 atom stereocenters. The molecule has 4 heteroatoms. The van der Waals surface area contributed by atoms with Gasteiger partial charge in [-0.3, -0.25) is 0 Å². The maximum atomic E-state index is 5.97. The van der Waals surface area contributed by atoms with E-state index in [0.29, 0.717) is 12.1 Å². The van der Waals surface area contributed by atoms with E-state index in [-0.39, 0.29) is 0 Å². The number of pyridine rings is 1. The molecule has 1 aromatic rings.